The molecule has 3 fully saturated rings. The van der Waals surface area contributed by atoms with E-state index in [9.17, 15) is 4.39 Å². The molecule has 0 radical (unpaired) electrons. The molecule has 0 aromatic heterocycles. The maximum atomic E-state index is 13.3. The Morgan fingerprint density at radius 2 is 1.90 bits per heavy atom. The van der Waals surface area contributed by atoms with Gasteiger partial charge in [0.05, 0.1) is 12.1 Å². The van der Waals surface area contributed by atoms with Crippen molar-refractivity contribution < 1.29 is 13.9 Å². The third-order valence-electron chi connectivity index (χ3n) is 5.88. The summed E-state index contributed by atoms with van der Waals surface area (Å²) in [5.74, 6) is 1.80. The summed E-state index contributed by atoms with van der Waals surface area (Å²) in [5, 5.41) is 4.09. The van der Waals surface area contributed by atoms with Crippen molar-refractivity contribution in [1.82, 2.24) is 10.2 Å². The molecule has 2 bridgehead atoms. The van der Waals surface area contributed by atoms with Crippen LogP contribution in [0.5, 0.6) is 11.5 Å². The second-order valence-electron chi connectivity index (χ2n) is 7.60. The van der Waals surface area contributed by atoms with E-state index in [4.69, 9.17) is 21.1 Å². The quantitative estimate of drug-likeness (QED) is 0.602. The van der Waals surface area contributed by atoms with Crippen LogP contribution in [-0.2, 0) is 13.2 Å². The van der Waals surface area contributed by atoms with Crippen LogP contribution in [0.4, 0.5) is 4.39 Å². The number of hydrogen-bond donors (Lipinski definition) is 1. The normalized spacial score (nSPS) is 22.0. The third-order valence-corrected chi connectivity index (χ3v) is 6.23. The Balaban J connectivity index is 0.00000160. The van der Waals surface area contributed by atoms with Crippen LogP contribution in [0.3, 0.4) is 0 Å². The van der Waals surface area contributed by atoms with Crippen molar-refractivity contribution in [2.24, 2.45) is 5.92 Å². The van der Waals surface area contributed by atoms with Gasteiger partial charge < -0.3 is 19.7 Å². The number of methoxy groups -OCH3 is 1. The van der Waals surface area contributed by atoms with Crippen molar-refractivity contribution >= 4 is 36.4 Å². The van der Waals surface area contributed by atoms with E-state index >= 15 is 0 Å². The molecule has 1 atom stereocenters. The molecule has 3 saturated heterocycles. The Hall–Kier alpha value is -1.24. The first kappa shape index (κ1) is 25.0. The molecule has 3 aliphatic heterocycles. The summed E-state index contributed by atoms with van der Waals surface area (Å²) in [6.45, 7) is 4.56. The van der Waals surface area contributed by atoms with Crippen molar-refractivity contribution in [3.8, 4) is 11.5 Å². The smallest absolute Gasteiger partial charge is 0.166 e. The van der Waals surface area contributed by atoms with Crippen molar-refractivity contribution in [1.29, 1.82) is 0 Å². The SMILES string of the molecule is COc1cccc(CNC2CN3CCC2CC3)c1OCc1ccc(F)cc1Cl.Cl.Cl. The minimum absolute atomic E-state index is 0. The van der Waals surface area contributed by atoms with Crippen molar-refractivity contribution in [2.75, 3.05) is 26.7 Å². The molecule has 4 nitrogen and oxygen atoms in total. The topological polar surface area (TPSA) is 33.7 Å². The van der Waals surface area contributed by atoms with Crippen LogP contribution < -0.4 is 14.8 Å². The zero-order valence-corrected chi connectivity index (χ0v) is 19.3. The molecule has 0 aliphatic carbocycles. The molecule has 3 heterocycles. The Morgan fingerprint density at radius 1 is 1.13 bits per heavy atom. The summed E-state index contributed by atoms with van der Waals surface area (Å²) in [6.07, 6.45) is 2.56. The summed E-state index contributed by atoms with van der Waals surface area (Å²) in [6, 6.07) is 10.8. The molecule has 1 N–H and O–H groups in total. The van der Waals surface area contributed by atoms with Gasteiger partial charge >= 0.3 is 0 Å². The average Bonchev–Trinajstić information content (AvgIpc) is 2.72. The first-order chi connectivity index (χ1) is 13.6. The molecule has 1 unspecified atom stereocenters. The van der Waals surface area contributed by atoms with Gasteiger partial charge in [-0.3, -0.25) is 0 Å². The lowest BCUT2D eigenvalue weighted by atomic mass is 9.84. The van der Waals surface area contributed by atoms with Crippen LogP contribution in [0.2, 0.25) is 5.02 Å². The number of benzene rings is 2. The zero-order chi connectivity index (χ0) is 19.5. The molecule has 5 rings (SSSR count). The lowest BCUT2D eigenvalue weighted by molar-refractivity contribution is 0.0718. The lowest BCUT2D eigenvalue weighted by Gasteiger charge is -2.45. The van der Waals surface area contributed by atoms with Gasteiger partial charge in [0.15, 0.2) is 11.5 Å². The second kappa shape index (κ2) is 11.4. The van der Waals surface area contributed by atoms with Crippen molar-refractivity contribution in [3.05, 3.63) is 58.4 Å². The molecular weight excluding hydrogens is 450 g/mol. The third kappa shape index (κ3) is 5.71. The van der Waals surface area contributed by atoms with E-state index in [1.165, 1.54) is 38.1 Å². The maximum absolute atomic E-state index is 13.3. The average molecular weight is 478 g/mol. The highest BCUT2D eigenvalue weighted by atomic mass is 35.5. The lowest BCUT2D eigenvalue weighted by Crippen LogP contribution is -2.55. The van der Waals surface area contributed by atoms with E-state index in [-0.39, 0.29) is 37.2 Å². The van der Waals surface area contributed by atoms with Gasteiger partial charge in [-0.25, -0.2) is 4.39 Å². The van der Waals surface area contributed by atoms with Crippen LogP contribution in [0.25, 0.3) is 0 Å². The first-order valence-corrected chi connectivity index (χ1v) is 10.2. The summed E-state index contributed by atoms with van der Waals surface area (Å²) in [5.41, 5.74) is 1.79. The van der Waals surface area contributed by atoms with E-state index < -0.39 is 0 Å². The van der Waals surface area contributed by atoms with Gasteiger partial charge in [0.2, 0.25) is 0 Å². The van der Waals surface area contributed by atoms with E-state index in [0.717, 1.165) is 30.1 Å². The van der Waals surface area contributed by atoms with Crippen LogP contribution in [-0.4, -0.2) is 37.7 Å². The van der Waals surface area contributed by atoms with Crippen molar-refractivity contribution in [3.63, 3.8) is 0 Å². The molecule has 166 valence electrons. The summed E-state index contributed by atoms with van der Waals surface area (Å²) in [4.78, 5) is 2.54. The second-order valence-corrected chi connectivity index (χ2v) is 8.01. The van der Waals surface area contributed by atoms with E-state index in [1.807, 2.05) is 12.1 Å². The number of rotatable bonds is 7. The molecule has 3 aliphatic rings. The molecule has 2 aromatic rings. The number of halogens is 4. The van der Waals surface area contributed by atoms with E-state index in [2.05, 4.69) is 16.3 Å². The Kier molecular flexibility index (Phi) is 9.51. The van der Waals surface area contributed by atoms with Crippen LogP contribution in [0.15, 0.2) is 36.4 Å². The number of nitrogens with zero attached hydrogens (tertiary/aromatic N) is 1. The first-order valence-electron chi connectivity index (χ1n) is 9.82. The standard InChI is InChI=1S/C22H26ClFN2O2.2ClH/c1-27-21-4-2-3-16(12-25-20-13-26-9-7-15(20)8-10-26)22(21)28-14-17-5-6-18(24)11-19(17)23;;/h2-6,11,15,20,25H,7-10,12-14H2,1H3;2*1H. The number of hydrogen-bond acceptors (Lipinski definition) is 4. The highest BCUT2D eigenvalue weighted by molar-refractivity contribution is 6.31. The Morgan fingerprint density at radius 3 is 2.53 bits per heavy atom. The minimum Gasteiger partial charge on any atom is -0.493 e. The van der Waals surface area contributed by atoms with Crippen LogP contribution >= 0.6 is 36.4 Å². The predicted octanol–water partition coefficient (Wildman–Crippen LogP) is 5.09. The van der Waals surface area contributed by atoms with Crippen LogP contribution in [0, 0.1) is 11.7 Å². The summed E-state index contributed by atoms with van der Waals surface area (Å²) < 4.78 is 24.9. The van der Waals surface area contributed by atoms with Gasteiger partial charge in [0.25, 0.3) is 0 Å². The molecule has 0 spiro atoms. The Bertz CT molecular complexity index is 832. The molecule has 30 heavy (non-hydrogen) atoms. The number of nitrogens with one attached hydrogen (secondary N) is 1. The van der Waals surface area contributed by atoms with Crippen LogP contribution in [0.1, 0.15) is 24.0 Å². The minimum atomic E-state index is -0.353. The fraction of sp³-hybridized carbons (Fsp3) is 0.455. The molecular formula is C22H28Cl3FN2O2. The molecule has 0 amide bonds. The fourth-order valence-corrected chi connectivity index (χ4v) is 4.47. The summed E-state index contributed by atoms with van der Waals surface area (Å²) in [7, 11) is 1.64. The fourth-order valence-electron chi connectivity index (χ4n) is 4.25. The summed E-state index contributed by atoms with van der Waals surface area (Å²) >= 11 is 6.14. The van der Waals surface area contributed by atoms with E-state index in [1.54, 1.807) is 13.2 Å². The molecule has 2 aromatic carbocycles. The highest BCUT2D eigenvalue weighted by Crippen LogP contribution is 2.33. The largest absolute Gasteiger partial charge is 0.493 e. The van der Waals surface area contributed by atoms with Gasteiger partial charge in [0, 0.05) is 30.3 Å². The van der Waals surface area contributed by atoms with E-state index in [0.29, 0.717) is 22.6 Å². The molecule has 0 saturated carbocycles. The number of piperidine rings is 3. The van der Waals surface area contributed by atoms with Gasteiger partial charge in [-0.2, -0.15) is 0 Å². The predicted molar refractivity (Wildman–Crippen MR) is 123 cm³/mol. The number of fused-ring (bicyclic) bond motifs is 3. The molecule has 8 heteroatoms. The van der Waals surface area contributed by atoms with Crippen molar-refractivity contribution in [2.45, 2.75) is 32.0 Å². The maximum Gasteiger partial charge on any atom is 0.166 e. The number of para-hydroxylation sites is 1. The van der Waals surface area contributed by atoms with Gasteiger partial charge in [0.1, 0.15) is 12.4 Å². The van der Waals surface area contributed by atoms with Gasteiger partial charge in [-0.15, -0.1) is 24.8 Å². The monoisotopic (exact) mass is 476 g/mol. The Labute approximate surface area is 194 Å². The zero-order valence-electron chi connectivity index (χ0n) is 16.9. The highest BCUT2D eigenvalue weighted by Gasteiger charge is 2.33. The van der Waals surface area contributed by atoms with Gasteiger partial charge in [-0.05, 0) is 50.0 Å². The van der Waals surface area contributed by atoms with Gasteiger partial charge in [-0.1, -0.05) is 29.8 Å². The number of ether oxygens (including phenoxy) is 2.